The van der Waals surface area contributed by atoms with E-state index >= 15 is 0 Å². The molecule has 0 heterocycles. The fourth-order valence-electron chi connectivity index (χ4n) is 1.50. The minimum Gasteiger partial charge on any atom is -0.422 e. The van der Waals surface area contributed by atoms with Crippen LogP contribution < -0.4 is 9.61 Å². The number of carbonyl (C=O) groups excluding carboxylic acids is 1. The normalized spacial score (nSPS) is 15.8. The van der Waals surface area contributed by atoms with Crippen molar-refractivity contribution in [1.29, 1.82) is 0 Å². The Kier molecular flexibility index (Phi) is 6.01. The zero-order valence-corrected chi connectivity index (χ0v) is 12.4. The van der Waals surface area contributed by atoms with Crippen molar-refractivity contribution in [3.05, 3.63) is 30.3 Å². The molecule has 19 heavy (non-hydrogen) atoms. The highest BCUT2D eigenvalue weighted by molar-refractivity contribution is 7.84. The highest BCUT2D eigenvalue weighted by Gasteiger charge is 2.31. The molecule has 1 rings (SSSR count). The molecule has 106 valence electrons. The van der Waals surface area contributed by atoms with Gasteiger partial charge in [0.25, 0.3) is 0 Å². The van der Waals surface area contributed by atoms with Crippen LogP contribution in [-0.4, -0.2) is 23.5 Å². The van der Waals surface area contributed by atoms with Gasteiger partial charge in [-0.2, -0.15) is 0 Å². The highest BCUT2D eigenvalue weighted by Crippen LogP contribution is 2.49. The molecule has 1 aromatic carbocycles. The summed E-state index contributed by atoms with van der Waals surface area (Å²) in [5.41, 5.74) is 0. The van der Waals surface area contributed by atoms with Gasteiger partial charge in [0.2, 0.25) is 0 Å². The number of nitrogens with one attached hydrogen (secondary N) is 1. The van der Waals surface area contributed by atoms with Crippen molar-refractivity contribution in [3.63, 3.8) is 0 Å². The molecule has 2 atom stereocenters. The summed E-state index contributed by atoms with van der Waals surface area (Å²) in [7, 11) is 0. The maximum Gasteiger partial charge on any atom is 0.409 e. The molecular formula is C12H17ClNO4P. The molecule has 2 N–H and O–H groups in total. The number of para-hydroxylation sites is 1. The number of hydrogen-bond acceptors (Lipinski definition) is 4. The minimum absolute atomic E-state index is 0.175. The molecule has 0 aliphatic rings. The van der Waals surface area contributed by atoms with Crippen LogP contribution in [0.1, 0.15) is 13.8 Å². The second-order valence-electron chi connectivity index (χ2n) is 4.36. The van der Waals surface area contributed by atoms with Crippen molar-refractivity contribution in [3.8, 4) is 5.75 Å². The molecule has 5 nitrogen and oxygen atoms in total. The van der Waals surface area contributed by atoms with E-state index in [9.17, 15) is 9.36 Å². The van der Waals surface area contributed by atoms with E-state index in [1.54, 1.807) is 44.2 Å². The lowest BCUT2D eigenvalue weighted by Gasteiger charge is -2.23. The molecule has 0 radical (unpaired) electrons. The van der Waals surface area contributed by atoms with Gasteiger partial charge in [0.15, 0.2) is 5.78 Å². The van der Waals surface area contributed by atoms with Crippen LogP contribution in [0, 0.1) is 5.92 Å². The summed E-state index contributed by atoms with van der Waals surface area (Å²) in [4.78, 5) is 11.5. The van der Waals surface area contributed by atoms with Crippen molar-refractivity contribution in [2.75, 3.05) is 6.61 Å². The summed E-state index contributed by atoms with van der Waals surface area (Å²) >= 11 is 5.80. The molecule has 0 bridgehead atoms. The monoisotopic (exact) mass is 305 g/mol. The van der Waals surface area contributed by atoms with Gasteiger partial charge in [0, 0.05) is 11.2 Å². The Balaban J connectivity index is 2.77. The highest BCUT2D eigenvalue weighted by atomic mass is 35.7. The van der Waals surface area contributed by atoms with E-state index in [2.05, 4.69) is 5.09 Å². The fraction of sp³-hybridized carbons (Fsp3) is 0.417. The molecule has 0 fully saturated rings. The van der Waals surface area contributed by atoms with Crippen LogP contribution in [-0.2, 0) is 9.36 Å². The quantitative estimate of drug-likeness (QED) is 0.757. The predicted molar refractivity (Wildman–Crippen MR) is 74.4 cm³/mol. The van der Waals surface area contributed by atoms with Crippen LogP contribution in [0.4, 0.5) is 0 Å². The fourth-order valence-corrected chi connectivity index (χ4v) is 3.28. The molecule has 0 amide bonds. The summed E-state index contributed by atoms with van der Waals surface area (Å²) in [6, 6.07) is 7.60. The molecular weight excluding hydrogens is 289 g/mol. The van der Waals surface area contributed by atoms with E-state index in [0.29, 0.717) is 5.75 Å². The van der Waals surface area contributed by atoms with Crippen molar-refractivity contribution in [1.82, 2.24) is 5.09 Å². The number of ketones is 1. The molecule has 0 aliphatic carbocycles. The molecule has 0 saturated heterocycles. The van der Waals surface area contributed by atoms with Crippen molar-refractivity contribution in [2.24, 2.45) is 5.92 Å². The number of hydrogen-bond donors (Lipinski definition) is 2. The van der Waals surface area contributed by atoms with E-state index < -0.39 is 25.3 Å². The first-order valence-electron chi connectivity index (χ1n) is 5.81. The first kappa shape index (κ1) is 16.2. The number of Topliss-reactive ketones (excluding diaryl/α,β-unsaturated/α-hetero) is 1. The van der Waals surface area contributed by atoms with Gasteiger partial charge in [-0.15, -0.1) is 0 Å². The van der Waals surface area contributed by atoms with Gasteiger partial charge in [-0.3, -0.25) is 4.79 Å². The number of aliphatic hydroxyl groups excluding tert-OH is 1. The Morgan fingerprint density at radius 1 is 1.42 bits per heavy atom. The third kappa shape index (κ3) is 5.33. The molecule has 0 saturated carbocycles. The van der Waals surface area contributed by atoms with Gasteiger partial charge < -0.3 is 9.63 Å². The van der Waals surface area contributed by atoms with Gasteiger partial charge >= 0.3 is 6.87 Å². The first-order valence-corrected chi connectivity index (χ1v) is 8.34. The van der Waals surface area contributed by atoms with Gasteiger partial charge in [-0.1, -0.05) is 32.0 Å². The molecule has 1 unspecified atom stereocenters. The van der Waals surface area contributed by atoms with E-state index in [-0.39, 0.29) is 5.92 Å². The summed E-state index contributed by atoms with van der Waals surface area (Å²) in [5.74, 6) is -0.314. The first-order chi connectivity index (χ1) is 8.85. The maximum absolute atomic E-state index is 12.1. The average molecular weight is 306 g/mol. The Morgan fingerprint density at radius 3 is 2.47 bits per heavy atom. The second kappa shape index (κ2) is 7.06. The molecule has 0 spiro atoms. The second-order valence-corrected chi connectivity index (χ2v) is 7.09. The molecule has 0 aliphatic heterocycles. The van der Waals surface area contributed by atoms with Crippen LogP contribution in [0.3, 0.4) is 0 Å². The van der Waals surface area contributed by atoms with Gasteiger partial charge in [0.1, 0.15) is 12.4 Å². The van der Waals surface area contributed by atoms with Crippen molar-refractivity contribution >= 4 is 23.9 Å². The van der Waals surface area contributed by atoms with Crippen LogP contribution >= 0.6 is 18.1 Å². The summed E-state index contributed by atoms with van der Waals surface area (Å²) in [5, 5.41) is 11.4. The zero-order chi connectivity index (χ0) is 14.5. The average Bonchev–Trinajstić information content (AvgIpc) is 2.35. The van der Waals surface area contributed by atoms with Gasteiger partial charge in [-0.05, 0) is 18.1 Å². The zero-order valence-electron chi connectivity index (χ0n) is 10.7. The smallest absolute Gasteiger partial charge is 0.409 e. The Labute approximate surface area is 117 Å². The van der Waals surface area contributed by atoms with E-state index in [1.165, 1.54) is 0 Å². The van der Waals surface area contributed by atoms with Crippen LogP contribution in [0.25, 0.3) is 0 Å². The maximum atomic E-state index is 12.1. The lowest BCUT2D eigenvalue weighted by Crippen LogP contribution is -2.40. The number of halogens is 1. The standard InChI is InChI=1S/C12H17ClNO4P/c1-9(2)12(11(16)8-15)14-19(13,17)18-10-6-4-3-5-7-10/h3-7,9,12,15H,8H2,1-2H3,(H,14,17)/t12-,19?/m0/s1. The van der Waals surface area contributed by atoms with Crippen LogP contribution in [0.15, 0.2) is 30.3 Å². The number of benzene rings is 1. The lowest BCUT2D eigenvalue weighted by molar-refractivity contribution is -0.124. The van der Waals surface area contributed by atoms with Crippen LogP contribution in [0.5, 0.6) is 5.75 Å². The third-order valence-corrected chi connectivity index (χ3v) is 3.96. The Bertz CT molecular complexity index is 466. The molecule has 7 heteroatoms. The summed E-state index contributed by atoms with van der Waals surface area (Å²) < 4.78 is 17.3. The lowest BCUT2D eigenvalue weighted by atomic mass is 10.0. The molecule has 1 aromatic rings. The largest absolute Gasteiger partial charge is 0.422 e. The minimum atomic E-state index is -3.70. The molecule has 0 aromatic heterocycles. The van der Waals surface area contributed by atoms with Gasteiger partial charge in [0.05, 0.1) is 6.04 Å². The number of carbonyl (C=O) groups is 1. The van der Waals surface area contributed by atoms with Crippen LogP contribution in [0.2, 0.25) is 0 Å². The SMILES string of the molecule is CC(C)[C@H](NP(=O)(Cl)Oc1ccccc1)C(=O)CO. The predicted octanol–water partition coefficient (Wildman–Crippen LogP) is 2.59. The van der Waals surface area contributed by atoms with E-state index in [0.717, 1.165) is 0 Å². The Hall–Kier alpha value is -0.870. The third-order valence-electron chi connectivity index (χ3n) is 2.43. The van der Waals surface area contributed by atoms with Crippen molar-refractivity contribution < 1.29 is 19.0 Å². The topological polar surface area (TPSA) is 75.6 Å². The van der Waals surface area contributed by atoms with Gasteiger partial charge in [-0.25, -0.2) is 9.65 Å². The Morgan fingerprint density at radius 2 is 2.00 bits per heavy atom. The van der Waals surface area contributed by atoms with E-state index in [1.807, 2.05) is 0 Å². The number of aliphatic hydroxyl groups is 1. The van der Waals surface area contributed by atoms with E-state index in [4.69, 9.17) is 20.9 Å². The summed E-state index contributed by atoms with van der Waals surface area (Å²) in [6.45, 7) is -0.833. The number of rotatable bonds is 7. The summed E-state index contributed by atoms with van der Waals surface area (Å²) in [6.07, 6.45) is 0. The van der Waals surface area contributed by atoms with Crippen molar-refractivity contribution in [2.45, 2.75) is 19.9 Å².